The minimum absolute atomic E-state index is 0.442. The predicted molar refractivity (Wildman–Crippen MR) is 135 cm³/mol. The number of ether oxygens (including phenoxy) is 1. The molecule has 0 radical (unpaired) electrons. The maximum atomic E-state index is 5.94. The van der Waals surface area contributed by atoms with E-state index in [0.717, 1.165) is 63.2 Å². The van der Waals surface area contributed by atoms with Crippen LogP contribution < -0.4 is 5.32 Å². The first-order chi connectivity index (χ1) is 14.9. The molecule has 2 aromatic carbocycles. The molecule has 0 bridgehead atoms. The largest absolute Gasteiger partial charge is 0.379 e. The second-order valence-corrected chi connectivity index (χ2v) is 9.23. The quantitative estimate of drug-likeness (QED) is 0.560. The average Bonchev–Trinajstić information content (AvgIpc) is 2.76. The number of thiocarbonyl (C=S) groups is 1. The lowest BCUT2D eigenvalue weighted by Gasteiger charge is -2.30. The first kappa shape index (κ1) is 23.7. The highest BCUT2D eigenvalue weighted by atomic mass is 32.1. The van der Waals surface area contributed by atoms with E-state index in [4.69, 9.17) is 17.0 Å². The zero-order chi connectivity index (χ0) is 22.2. The molecule has 1 aliphatic rings. The summed E-state index contributed by atoms with van der Waals surface area (Å²) in [6.45, 7) is 15.3. The highest BCUT2D eigenvalue weighted by Crippen LogP contribution is 2.28. The second kappa shape index (κ2) is 11.6. The number of benzene rings is 2. The van der Waals surface area contributed by atoms with Gasteiger partial charge in [-0.2, -0.15) is 0 Å². The molecule has 1 saturated heterocycles. The van der Waals surface area contributed by atoms with Crippen LogP contribution in [0, 0.1) is 13.8 Å². The van der Waals surface area contributed by atoms with E-state index >= 15 is 0 Å². The van der Waals surface area contributed by atoms with E-state index in [1.54, 1.807) is 0 Å². The van der Waals surface area contributed by atoms with Crippen molar-refractivity contribution in [3.8, 4) is 0 Å². The number of hydrogen-bond acceptors (Lipinski definition) is 3. The monoisotopic (exact) mass is 439 g/mol. The lowest BCUT2D eigenvalue weighted by molar-refractivity contribution is 0.0368. The summed E-state index contributed by atoms with van der Waals surface area (Å²) in [4.78, 5) is 4.80. The third-order valence-corrected chi connectivity index (χ3v) is 6.31. The summed E-state index contributed by atoms with van der Waals surface area (Å²) >= 11 is 5.94. The summed E-state index contributed by atoms with van der Waals surface area (Å²) in [6, 6.07) is 15.3. The minimum Gasteiger partial charge on any atom is -0.379 e. The van der Waals surface area contributed by atoms with E-state index in [-0.39, 0.29) is 0 Å². The fourth-order valence-corrected chi connectivity index (χ4v) is 4.26. The first-order valence-electron chi connectivity index (χ1n) is 11.4. The summed E-state index contributed by atoms with van der Waals surface area (Å²) in [5, 5.41) is 4.41. The van der Waals surface area contributed by atoms with E-state index in [1.807, 2.05) is 0 Å². The van der Waals surface area contributed by atoms with E-state index in [2.05, 4.69) is 85.3 Å². The molecule has 1 N–H and O–H groups in total. The Hall–Kier alpha value is -1.95. The molecule has 1 aliphatic heterocycles. The maximum absolute atomic E-state index is 5.94. The van der Waals surface area contributed by atoms with Crippen molar-refractivity contribution in [1.82, 2.24) is 9.80 Å². The van der Waals surface area contributed by atoms with Crippen molar-refractivity contribution in [2.45, 2.75) is 46.6 Å². The Morgan fingerprint density at radius 1 is 1.10 bits per heavy atom. The predicted octanol–water partition coefficient (Wildman–Crippen LogP) is 5.35. The summed E-state index contributed by atoms with van der Waals surface area (Å²) in [5.41, 5.74) is 6.27. The fraction of sp³-hybridized carbons (Fsp3) is 0.500. The third-order valence-electron chi connectivity index (χ3n) is 5.95. The van der Waals surface area contributed by atoms with Gasteiger partial charge in [0.25, 0.3) is 0 Å². The van der Waals surface area contributed by atoms with E-state index in [0.29, 0.717) is 5.92 Å². The van der Waals surface area contributed by atoms with Crippen molar-refractivity contribution in [1.29, 1.82) is 0 Å². The van der Waals surface area contributed by atoms with Crippen LogP contribution in [-0.4, -0.2) is 54.3 Å². The number of nitrogens with zero attached hydrogens (tertiary/aromatic N) is 2. The Labute approximate surface area is 193 Å². The number of morpholine rings is 1. The van der Waals surface area contributed by atoms with Gasteiger partial charge in [0.05, 0.1) is 13.2 Å². The highest BCUT2D eigenvalue weighted by Gasteiger charge is 2.16. The molecule has 5 heteroatoms. The molecule has 0 atom stereocenters. The molecule has 0 aliphatic carbocycles. The van der Waals surface area contributed by atoms with Crippen LogP contribution in [0.5, 0.6) is 0 Å². The van der Waals surface area contributed by atoms with Crippen LogP contribution in [0.2, 0.25) is 0 Å². The average molecular weight is 440 g/mol. The summed E-state index contributed by atoms with van der Waals surface area (Å²) in [6.07, 6.45) is 1.08. The molecule has 0 spiro atoms. The number of para-hydroxylation sites is 1. The second-order valence-electron chi connectivity index (χ2n) is 8.84. The van der Waals surface area contributed by atoms with Gasteiger partial charge in [-0.3, -0.25) is 4.90 Å². The van der Waals surface area contributed by atoms with Crippen LogP contribution in [0.1, 0.15) is 48.4 Å². The molecule has 1 heterocycles. The van der Waals surface area contributed by atoms with Gasteiger partial charge in [-0.05, 0) is 55.1 Å². The van der Waals surface area contributed by atoms with E-state index in [1.165, 1.54) is 22.3 Å². The Balaban J connectivity index is 1.71. The molecule has 3 rings (SSSR count). The normalized spacial score (nSPS) is 14.6. The zero-order valence-electron chi connectivity index (χ0n) is 19.5. The van der Waals surface area contributed by atoms with Gasteiger partial charge in [-0.1, -0.05) is 61.9 Å². The SMILES string of the molecule is Cc1ccc(CN(CCCN2CCOCC2)C(=S)Nc2c(C)cccc2C(C)C)cc1. The molecule has 31 heavy (non-hydrogen) atoms. The van der Waals surface area contributed by atoms with Gasteiger partial charge < -0.3 is 15.0 Å². The van der Waals surface area contributed by atoms with Crippen LogP contribution in [0.15, 0.2) is 42.5 Å². The molecule has 0 unspecified atom stereocenters. The van der Waals surface area contributed by atoms with E-state index in [9.17, 15) is 0 Å². The van der Waals surface area contributed by atoms with Crippen LogP contribution >= 0.6 is 12.2 Å². The minimum atomic E-state index is 0.442. The van der Waals surface area contributed by atoms with Gasteiger partial charge in [0.15, 0.2) is 5.11 Å². The Morgan fingerprint density at radius 2 is 1.81 bits per heavy atom. The van der Waals surface area contributed by atoms with Crippen molar-refractivity contribution in [2.75, 3.05) is 44.7 Å². The van der Waals surface area contributed by atoms with Gasteiger partial charge >= 0.3 is 0 Å². The lowest BCUT2D eigenvalue weighted by atomic mass is 9.98. The third kappa shape index (κ3) is 7.03. The summed E-state index contributed by atoms with van der Waals surface area (Å²) in [7, 11) is 0. The zero-order valence-corrected chi connectivity index (χ0v) is 20.3. The van der Waals surface area contributed by atoms with Crippen molar-refractivity contribution in [3.05, 3.63) is 64.7 Å². The van der Waals surface area contributed by atoms with Crippen molar-refractivity contribution < 1.29 is 4.74 Å². The van der Waals surface area contributed by atoms with Crippen molar-refractivity contribution >= 4 is 23.0 Å². The van der Waals surface area contributed by atoms with Gasteiger partial charge in [0.2, 0.25) is 0 Å². The Kier molecular flexibility index (Phi) is 8.88. The molecule has 0 amide bonds. The molecule has 0 aromatic heterocycles. The fourth-order valence-electron chi connectivity index (χ4n) is 4.00. The lowest BCUT2D eigenvalue weighted by Crippen LogP contribution is -2.40. The Bertz CT molecular complexity index is 844. The molecule has 0 saturated carbocycles. The molecular weight excluding hydrogens is 402 g/mol. The molecular formula is C26H37N3OS. The highest BCUT2D eigenvalue weighted by molar-refractivity contribution is 7.80. The summed E-state index contributed by atoms with van der Waals surface area (Å²) < 4.78 is 5.48. The molecule has 1 fully saturated rings. The summed E-state index contributed by atoms with van der Waals surface area (Å²) in [5.74, 6) is 0.442. The first-order valence-corrected chi connectivity index (χ1v) is 11.9. The van der Waals surface area contributed by atoms with Crippen LogP contribution in [0.25, 0.3) is 0 Å². The smallest absolute Gasteiger partial charge is 0.173 e. The van der Waals surface area contributed by atoms with Crippen molar-refractivity contribution in [3.63, 3.8) is 0 Å². The molecule has 168 valence electrons. The molecule has 4 nitrogen and oxygen atoms in total. The van der Waals surface area contributed by atoms with Crippen LogP contribution in [0.3, 0.4) is 0 Å². The Morgan fingerprint density at radius 3 is 2.48 bits per heavy atom. The standard InChI is InChI=1S/C26H37N3OS/c1-20(2)24-8-5-7-22(4)25(24)27-26(31)29(19-23-11-9-21(3)10-12-23)14-6-13-28-15-17-30-18-16-28/h5,7-12,20H,6,13-19H2,1-4H3,(H,27,31). The van der Waals surface area contributed by atoms with Gasteiger partial charge in [0, 0.05) is 38.4 Å². The van der Waals surface area contributed by atoms with Gasteiger partial charge in [0.1, 0.15) is 0 Å². The van der Waals surface area contributed by atoms with Gasteiger partial charge in [-0.25, -0.2) is 0 Å². The number of nitrogens with one attached hydrogen (secondary N) is 1. The van der Waals surface area contributed by atoms with E-state index < -0.39 is 0 Å². The number of rotatable bonds is 8. The van der Waals surface area contributed by atoms with Crippen LogP contribution in [0.4, 0.5) is 5.69 Å². The number of aryl methyl sites for hydroxylation is 2. The topological polar surface area (TPSA) is 27.7 Å². The van der Waals surface area contributed by atoms with Crippen molar-refractivity contribution in [2.24, 2.45) is 0 Å². The number of anilines is 1. The maximum Gasteiger partial charge on any atom is 0.173 e. The number of hydrogen-bond donors (Lipinski definition) is 1. The molecule has 2 aromatic rings. The van der Waals surface area contributed by atoms with Gasteiger partial charge in [-0.15, -0.1) is 0 Å². The van der Waals surface area contributed by atoms with Crippen LogP contribution in [-0.2, 0) is 11.3 Å².